The lowest BCUT2D eigenvalue weighted by Gasteiger charge is -2.18. The fourth-order valence-corrected chi connectivity index (χ4v) is 4.14. The summed E-state index contributed by atoms with van der Waals surface area (Å²) in [6.45, 7) is -0.560. The molecule has 0 radical (unpaired) electrons. The molecule has 158 valence electrons. The van der Waals surface area contributed by atoms with Gasteiger partial charge in [0.05, 0.1) is 12.0 Å². The summed E-state index contributed by atoms with van der Waals surface area (Å²) in [5.74, 6) is 0.257. The highest BCUT2D eigenvalue weighted by Crippen LogP contribution is 2.37. The zero-order chi connectivity index (χ0) is 21.3. The van der Waals surface area contributed by atoms with Crippen LogP contribution >= 0.6 is 22.6 Å². The van der Waals surface area contributed by atoms with Crippen LogP contribution in [-0.2, 0) is 20.8 Å². The minimum Gasteiger partial charge on any atom is -0.429 e. The quantitative estimate of drug-likeness (QED) is 0.383. The first-order valence-electron chi connectivity index (χ1n) is 9.04. The van der Waals surface area contributed by atoms with Crippen LogP contribution in [0.1, 0.15) is 11.8 Å². The van der Waals surface area contributed by atoms with Gasteiger partial charge in [0, 0.05) is 9.77 Å². The fraction of sp³-hybridized carbons (Fsp3) is 0.316. The van der Waals surface area contributed by atoms with Crippen molar-refractivity contribution in [2.75, 3.05) is 12.3 Å². The van der Waals surface area contributed by atoms with Crippen LogP contribution in [0.3, 0.4) is 0 Å². The molecule has 1 aliphatic heterocycles. The van der Waals surface area contributed by atoms with E-state index in [1.807, 2.05) is 28.7 Å². The van der Waals surface area contributed by atoms with E-state index in [0.717, 1.165) is 5.56 Å². The Bertz CT molecular complexity index is 1050. The number of hydrogen-bond acceptors (Lipinski definition) is 8. The van der Waals surface area contributed by atoms with Crippen LogP contribution in [0.25, 0.3) is 11.0 Å². The second-order valence-corrected chi connectivity index (χ2v) is 7.80. The van der Waals surface area contributed by atoms with Gasteiger partial charge in [-0.2, -0.15) is 0 Å². The van der Waals surface area contributed by atoms with Crippen LogP contribution in [-0.4, -0.2) is 50.8 Å². The first kappa shape index (κ1) is 20.8. The number of carbonyl (C=O) groups excluding carboxylic acids is 1. The number of rotatable bonds is 5. The van der Waals surface area contributed by atoms with Crippen LogP contribution in [0.2, 0.25) is 0 Å². The Kier molecular flexibility index (Phi) is 6.01. The molecule has 3 heterocycles. The van der Waals surface area contributed by atoms with Crippen molar-refractivity contribution >= 4 is 45.6 Å². The number of ether oxygens (including phenoxy) is 3. The number of nitrogen functional groups attached to an aromatic ring is 1. The average Bonchev–Trinajstić information content (AvgIpc) is 3.25. The summed E-state index contributed by atoms with van der Waals surface area (Å²) in [6, 6.07) is 9.00. The Hall–Kier alpha value is -2.51. The number of aliphatic hydroxyl groups excluding tert-OH is 1. The number of aliphatic hydroxyl groups is 1. The van der Waals surface area contributed by atoms with Gasteiger partial charge in [0.1, 0.15) is 30.5 Å². The molecule has 9 nitrogen and oxygen atoms in total. The maximum Gasteiger partial charge on any atom is 0.509 e. The van der Waals surface area contributed by atoms with Gasteiger partial charge in [-0.1, -0.05) is 30.3 Å². The first-order chi connectivity index (χ1) is 14.5. The van der Waals surface area contributed by atoms with E-state index in [1.54, 1.807) is 30.5 Å². The predicted octanol–water partition coefficient (Wildman–Crippen LogP) is 2.57. The van der Waals surface area contributed by atoms with Crippen molar-refractivity contribution in [1.82, 2.24) is 14.5 Å². The number of nitrogens with two attached hydrogens (primary N) is 1. The smallest absolute Gasteiger partial charge is 0.429 e. The third kappa shape index (κ3) is 3.91. The number of hydrogen-bond donors (Lipinski definition) is 2. The van der Waals surface area contributed by atoms with Crippen molar-refractivity contribution in [3.63, 3.8) is 0 Å². The number of carbonyl (C=O) groups is 1. The van der Waals surface area contributed by atoms with Crippen molar-refractivity contribution in [2.45, 2.75) is 31.2 Å². The lowest BCUT2D eigenvalue weighted by Crippen LogP contribution is -2.36. The molecule has 0 amide bonds. The molecule has 0 saturated carbocycles. The molecule has 0 spiro atoms. The van der Waals surface area contributed by atoms with Crippen LogP contribution in [0, 0.1) is 3.57 Å². The monoisotopic (exact) mass is 528 g/mol. The summed E-state index contributed by atoms with van der Waals surface area (Å²) >= 11 is 2.04. The van der Waals surface area contributed by atoms with Crippen molar-refractivity contribution in [3.8, 4) is 0 Å². The minimum atomic E-state index is -1.77. The molecule has 0 aliphatic carbocycles. The Morgan fingerprint density at radius 2 is 2.10 bits per heavy atom. The summed E-state index contributed by atoms with van der Waals surface area (Å²) in [5.41, 5.74) is 7.04. The summed E-state index contributed by atoms with van der Waals surface area (Å²) < 4.78 is 33.3. The molecule has 4 rings (SSSR count). The van der Waals surface area contributed by atoms with Crippen LogP contribution in [0.4, 0.5) is 15.0 Å². The van der Waals surface area contributed by atoms with E-state index >= 15 is 4.39 Å². The summed E-state index contributed by atoms with van der Waals surface area (Å²) in [6.07, 6.45) is -3.51. The predicted molar refractivity (Wildman–Crippen MR) is 112 cm³/mol. The third-order valence-electron chi connectivity index (χ3n) is 4.75. The number of nitrogens with zero attached hydrogens (tertiary/aromatic N) is 3. The van der Waals surface area contributed by atoms with Gasteiger partial charge in [-0.05, 0) is 28.2 Å². The van der Waals surface area contributed by atoms with Gasteiger partial charge in [-0.25, -0.2) is 19.2 Å². The molecule has 1 aliphatic rings. The number of aromatic nitrogens is 3. The van der Waals surface area contributed by atoms with E-state index < -0.39 is 37.4 Å². The lowest BCUT2D eigenvalue weighted by molar-refractivity contribution is -0.0564. The van der Waals surface area contributed by atoms with Crippen molar-refractivity contribution in [3.05, 3.63) is 52.0 Å². The molecular weight excluding hydrogens is 510 g/mol. The van der Waals surface area contributed by atoms with E-state index in [4.69, 9.17) is 19.9 Å². The summed E-state index contributed by atoms with van der Waals surface area (Å²) in [7, 11) is 0. The summed E-state index contributed by atoms with van der Waals surface area (Å²) in [4.78, 5) is 20.2. The first-order valence-corrected chi connectivity index (χ1v) is 10.1. The maximum absolute atomic E-state index is 15.3. The molecule has 2 aromatic heterocycles. The normalized spacial score (nSPS) is 23.6. The second kappa shape index (κ2) is 8.70. The van der Waals surface area contributed by atoms with Gasteiger partial charge in [-0.3, -0.25) is 0 Å². The van der Waals surface area contributed by atoms with E-state index in [1.165, 1.54) is 10.9 Å². The Balaban J connectivity index is 1.51. The van der Waals surface area contributed by atoms with Crippen LogP contribution < -0.4 is 5.73 Å². The molecule has 1 fully saturated rings. The third-order valence-corrected chi connectivity index (χ3v) is 5.56. The molecule has 1 saturated heterocycles. The Morgan fingerprint density at radius 1 is 1.33 bits per heavy atom. The number of benzene rings is 1. The van der Waals surface area contributed by atoms with Gasteiger partial charge in [0.2, 0.25) is 0 Å². The number of alkyl halides is 1. The lowest BCUT2D eigenvalue weighted by atomic mass is 10.1. The number of fused-ring (bicyclic) bond motifs is 1. The van der Waals surface area contributed by atoms with Gasteiger partial charge >= 0.3 is 6.16 Å². The highest BCUT2D eigenvalue weighted by molar-refractivity contribution is 14.1. The van der Waals surface area contributed by atoms with Gasteiger partial charge in [0.15, 0.2) is 18.5 Å². The highest BCUT2D eigenvalue weighted by Gasteiger charge is 2.49. The standard InChI is InChI=1S/C19H18FIN4O5/c20-14-15(30-19(27)28-8-10-4-2-1-3-5-10)12(7-26)29-18(14)25-6-11(21)13-16(22)23-9-24-17(13)25/h1-6,9,12,14-15,18,26H,7-8H2,(H2,22,23,24)/t12-,14+,15-,18-/m1/s1. The molecule has 30 heavy (non-hydrogen) atoms. The van der Waals surface area contributed by atoms with Crippen molar-refractivity contribution in [1.29, 1.82) is 0 Å². The van der Waals surface area contributed by atoms with Gasteiger partial charge < -0.3 is 29.6 Å². The second-order valence-electron chi connectivity index (χ2n) is 6.64. The fourth-order valence-electron chi connectivity index (χ4n) is 3.32. The molecule has 3 aromatic rings. The topological polar surface area (TPSA) is 122 Å². The number of halogens is 2. The molecule has 3 N–H and O–H groups in total. The van der Waals surface area contributed by atoms with Crippen molar-refractivity contribution in [2.24, 2.45) is 0 Å². The highest BCUT2D eigenvalue weighted by atomic mass is 127. The average molecular weight is 528 g/mol. The molecule has 0 unspecified atom stereocenters. The number of anilines is 1. The molecule has 1 aromatic carbocycles. The largest absolute Gasteiger partial charge is 0.509 e. The van der Waals surface area contributed by atoms with Gasteiger partial charge in [0.25, 0.3) is 0 Å². The minimum absolute atomic E-state index is 0.0198. The maximum atomic E-state index is 15.3. The molecule has 0 bridgehead atoms. The Morgan fingerprint density at radius 3 is 2.83 bits per heavy atom. The molecule has 11 heteroatoms. The molecular formula is C19H18FIN4O5. The van der Waals surface area contributed by atoms with Crippen LogP contribution in [0.15, 0.2) is 42.9 Å². The van der Waals surface area contributed by atoms with E-state index in [9.17, 15) is 9.90 Å². The van der Waals surface area contributed by atoms with Gasteiger partial charge in [-0.15, -0.1) is 0 Å². The van der Waals surface area contributed by atoms with E-state index in [2.05, 4.69) is 9.97 Å². The van der Waals surface area contributed by atoms with Crippen LogP contribution in [0.5, 0.6) is 0 Å². The zero-order valence-corrected chi connectivity index (χ0v) is 17.7. The summed E-state index contributed by atoms with van der Waals surface area (Å²) in [5, 5.41) is 10.2. The van der Waals surface area contributed by atoms with Crippen molar-refractivity contribution < 1.29 is 28.5 Å². The molecule has 4 atom stereocenters. The SMILES string of the molecule is Nc1ncnc2c1c(I)cn2[C@@H]1O[C@H](CO)[C@@H](OC(=O)OCc2ccccc2)[C@@H]1F. The van der Waals surface area contributed by atoms with E-state index in [-0.39, 0.29) is 12.4 Å². The zero-order valence-electron chi connectivity index (χ0n) is 15.5. The Labute approximate surface area is 184 Å². The van der Waals surface area contributed by atoms with E-state index in [0.29, 0.717) is 14.6 Å².